The van der Waals surface area contributed by atoms with Crippen molar-refractivity contribution in [2.45, 2.75) is 26.9 Å². The molecule has 2 aromatic rings. The summed E-state index contributed by atoms with van der Waals surface area (Å²) in [5, 5.41) is 3.26. The molecule has 5 heteroatoms. The molecule has 0 aliphatic heterocycles. The van der Waals surface area contributed by atoms with Gasteiger partial charge in [0, 0.05) is 18.3 Å². The van der Waals surface area contributed by atoms with E-state index in [0.717, 1.165) is 24.5 Å². The van der Waals surface area contributed by atoms with Crippen molar-refractivity contribution in [1.82, 2.24) is 9.97 Å². The number of methoxy groups -OCH3 is 1. The number of ether oxygens (including phenoxy) is 2. The highest BCUT2D eigenvalue weighted by Crippen LogP contribution is 2.26. The van der Waals surface area contributed by atoms with Crippen molar-refractivity contribution >= 4 is 5.82 Å². The van der Waals surface area contributed by atoms with Crippen LogP contribution in [0.2, 0.25) is 0 Å². The Bertz CT molecular complexity index is 587. The monoisotopic (exact) mass is 287 g/mol. The second-order valence-electron chi connectivity index (χ2n) is 4.68. The zero-order chi connectivity index (χ0) is 15.1. The summed E-state index contributed by atoms with van der Waals surface area (Å²) in [5.74, 6) is 2.88. The summed E-state index contributed by atoms with van der Waals surface area (Å²) in [6, 6.07) is 9.47. The summed E-state index contributed by atoms with van der Waals surface area (Å²) in [7, 11) is 1.62. The summed E-state index contributed by atoms with van der Waals surface area (Å²) in [4.78, 5) is 8.85. The third kappa shape index (κ3) is 4.34. The van der Waals surface area contributed by atoms with Crippen LogP contribution in [-0.4, -0.2) is 23.6 Å². The largest absolute Gasteiger partial charge is 0.493 e. The summed E-state index contributed by atoms with van der Waals surface area (Å²) in [6.07, 6.45) is 1.05. The van der Waals surface area contributed by atoms with Crippen LogP contribution in [0.3, 0.4) is 0 Å². The smallest absolute Gasteiger partial charge is 0.168 e. The summed E-state index contributed by atoms with van der Waals surface area (Å²) < 4.78 is 11.0. The van der Waals surface area contributed by atoms with Gasteiger partial charge in [0.1, 0.15) is 12.4 Å². The topological polar surface area (TPSA) is 56.3 Å². The molecule has 0 atom stereocenters. The van der Waals surface area contributed by atoms with Crippen LogP contribution in [0.4, 0.5) is 5.82 Å². The molecule has 0 bridgehead atoms. The molecule has 0 radical (unpaired) electrons. The molecule has 0 fully saturated rings. The minimum Gasteiger partial charge on any atom is -0.493 e. The van der Waals surface area contributed by atoms with Gasteiger partial charge < -0.3 is 14.8 Å². The Balaban J connectivity index is 2.07. The Labute approximate surface area is 125 Å². The lowest BCUT2D eigenvalue weighted by Crippen LogP contribution is -2.08. The van der Waals surface area contributed by atoms with Gasteiger partial charge in [-0.3, -0.25) is 0 Å². The molecule has 0 aliphatic carbocycles. The lowest BCUT2D eigenvalue weighted by molar-refractivity contribution is 0.276. The lowest BCUT2D eigenvalue weighted by Gasteiger charge is -2.11. The van der Waals surface area contributed by atoms with Crippen molar-refractivity contribution in [2.24, 2.45) is 0 Å². The van der Waals surface area contributed by atoms with Gasteiger partial charge in [0.25, 0.3) is 0 Å². The number of aromatic nitrogens is 2. The zero-order valence-electron chi connectivity index (χ0n) is 12.7. The molecule has 0 amide bonds. The number of nitrogens with one attached hydrogen (secondary N) is 1. The first-order valence-electron chi connectivity index (χ1n) is 7.07. The molecule has 0 aliphatic rings. The van der Waals surface area contributed by atoms with E-state index in [9.17, 15) is 0 Å². The second kappa shape index (κ2) is 7.47. The van der Waals surface area contributed by atoms with E-state index in [-0.39, 0.29) is 0 Å². The summed E-state index contributed by atoms with van der Waals surface area (Å²) >= 11 is 0. The minimum atomic E-state index is 0.308. The quantitative estimate of drug-likeness (QED) is 0.847. The third-order valence-corrected chi connectivity index (χ3v) is 2.88. The van der Waals surface area contributed by atoms with Gasteiger partial charge in [-0.2, -0.15) is 0 Å². The number of hydrogen-bond donors (Lipinski definition) is 1. The van der Waals surface area contributed by atoms with Gasteiger partial charge in [-0.25, -0.2) is 9.97 Å². The minimum absolute atomic E-state index is 0.308. The highest BCUT2D eigenvalue weighted by Gasteiger charge is 2.06. The standard InChI is InChI=1S/C16H21N3O2/c1-4-9-17-15-10-12(2)18-16(19-15)11-21-14-8-6-5-7-13(14)20-3/h5-8,10H,4,9,11H2,1-3H3,(H,17,18,19). The fraction of sp³-hybridized carbons (Fsp3) is 0.375. The van der Waals surface area contributed by atoms with Crippen LogP contribution in [0.5, 0.6) is 11.5 Å². The van der Waals surface area contributed by atoms with Crippen LogP contribution in [0.1, 0.15) is 24.9 Å². The van der Waals surface area contributed by atoms with Gasteiger partial charge in [0.2, 0.25) is 0 Å². The van der Waals surface area contributed by atoms with Gasteiger partial charge in [0.15, 0.2) is 17.3 Å². The van der Waals surface area contributed by atoms with E-state index in [1.165, 1.54) is 0 Å². The van der Waals surface area contributed by atoms with Crippen LogP contribution >= 0.6 is 0 Å². The molecular weight excluding hydrogens is 266 g/mol. The Hall–Kier alpha value is -2.30. The summed E-state index contributed by atoms with van der Waals surface area (Å²) in [6.45, 7) is 5.27. The molecule has 5 nitrogen and oxygen atoms in total. The second-order valence-corrected chi connectivity index (χ2v) is 4.68. The Morgan fingerprint density at radius 3 is 2.62 bits per heavy atom. The molecule has 0 unspecified atom stereocenters. The van der Waals surface area contributed by atoms with Gasteiger partial charge in [0.05, 0.1) is 7.11 Å². The summed E-state index contributed by atoms with van der Waals surface area (Å²) in [5.41, 5.74) is 0.919. The number of hydrogen-bond acceptors (Lipinski definition) is 5. The highest BCUT2D eigenvalue weighted by atomic mass is 16.5. The number of benzene rings is 1. The van der Waals surface area contributed by atoms with E-state index < -0.39 is 0 Å². The number of aryl methyl sites for hydroxylation is 1. The molecule has 21 heavy (non-hydrogen) atoms. The van der Waals surface area contributed by atoms with Crippen LogP contribution in [0.15, 0.2) is 30.3 Å². The van der Waals surface area contributed by atoms with E-state index in [4.69, 9.17) is 9.47 Å². The highest BCUT2D eigenvalue weighted by molar-refractivity contribution is 5.39. The average molecular weight is 287 g/mol. The fourth-order valence-electron chi connectivity index (χ4n) is 1.92. The zero-order valence-corrected chi connectivity index (χ0v) is 12.7. The number of para-hydroxylation sites is 2. The van der Waals surface area contributed by atoms with E-state index in [0.29, 0.717) is 23.9 Å². The molecule has 1 N–H and O–H groups in total. The first-order chi connectivity index (χ1) is 10.2. The fourth-order valence-corrected chi connectivity index (χ4v) is 1.92. The Morgan fingerprint density at radius 2 is 1.90 bits per heavy atom. The molecule has 1 heterocycles. The van der Waals surface area contributed by atoms with Crippen molar-refractivity contribution in [2.75, 3.05) is 19.0 Å². The molecule has 1 aromatic heterocycles. The van der Waals surface area contributed by atoms with Gasteiger partial charge in [-0.15, -0.1) is 0 Å². The van der Waals surface area contributed by atoms with Crippen LogP contribution in [0.25, 0.3) is 0 Å². The molecule has 2 rings (SSSR count). The lowest BCUT2D eigenvalue weighted by atomic mass is 10.3. The third-order valence-electron chi connectivity index (χ3n) is 2.88. The molecular formula is C16H21N3O2. The Morgan fingerprint density at radius 1 is 1.14 bits per heavy atom. The van der Waals surface area contributed by atoms with Crippen LogP contribution in [-0.2, 0) is 6.61 Å². The van der Waals surface area contributed by atoms with Crippen LogP contribution in [0, 0.1) is 6.92 Å². The number of nitrogens with zero attached hydrogens (tertiary/aromatic N) is 2. The SMILES string of the molecule is CCCNc1cc(C)nc(COc2ccccc2OC)n1. The van der Waals surface area contributed by atoms with Gasteiger partial charge >= 0.3 is 0 Å². The van der Waals surface area contributed by atoms with Crippen molar-refractivity contribution in [3.63, 3.8) is 0 Å². The maximum absolute atomic E-state index is 5.75. The first-order valence-corrected chi connectivity index (χ1v) is 7.07. The van der Waals surface area contributed by atoms with Crippen molar-refractivity contribution in [3.05, 3.63) is 41.9 Å². The molecule has 0 saturated heterocycles. The maximum atomic E-state index is 5.75. The van der Waals surface area contributed by atoms with Crippen molar-refractivity contribution in [3.8, 4) is 11.5 Å². The molecule has 1 aromatic carbocycles. The predicted octanol–water partition coefficient (Wildman–Crippen LogP) is 3.19. The molecule has 0 saturated carbocycles. The van der Waals surface area contributed by atoms with Crippen molar-refractivity contribution < 1.29 is 9.47 Å². The Kier molecular flexibility index (Phi) is 5.37. The molecule has 0 spiro atoms. The normalized spacial score (nSPS) is 10.2. The average Bonchev–Trinajstić information content (AvgIpc) is 2.50. The van der Waals surface area contributed by atoms with Gasteiger partial charge in [-0.1, -0.05) is 19.1 Å². The van der Waals surface area contributed by atoms with E-state index in [1.54, 1.807) is 7.11 Å². The maximum Gasteiger partial charge on any atom is 0.168 e. The molecule has 112 valence electrons. The van der Waals surface area contributed by atoms with Crippen molar-refractivity contribution in [1.29, 1.82) is 0 Å². The van der Waals surface area contributed by atoms with E-state index in [2.05, 4.69) is 22.2 Å². The number of rotatable bonds is 7. The van der Waals surface area contributed by atoms with E-state index >= 15 is 0 Å². The van der Waals surface area contributed by atoms with Gasteiger partial charge in [-0.05, 0) is 25.5 Å². The first kappa shape index (κ1) is 15.1. The van der Waals surface area contributed by atoms with E-state index in [1.807, 2.05) is 37.3 Å². The number of anilines is 1. The van der Waals surface area contributed by atoms with Crippen LogP contribution < -0.4 is 14.8 Å². The predicted molar refractivity (Wildman–Crippen MR) is 82.9 cm³/mol.